The van der Waals surface area contributed by atoms with Crippen LogP contribution in [0.4, 0.5) is 17.6 Å². The van der Waals surface area contributed by atoms with Gasteiger partial charge in [0.2, 0.25) is 0 Å². The normalized spacial score (nSPS) is 10.3. The molecule has 3 rings (SSSR count). The fourth-order valence-corrected chi connectivity index (χ4v) is 3.46. The van der Waals surface area contributed by atoms with Gasteiger partial charge in [0, 0.05) is 37.2 Å². The minimum Gasteiger partial charge on any atom is -0.743 e. The summed E-state index contributed by atoms with van der Waals surface area (Å²) in [5, 5.41) is 13.6. The number of halogens is 9. The van der Waals surface area contributed by atoms with E-state index in [4.69, 9.17) is 24.6 Å². The van der Waals surface area contributed by atoms with Crippen LogP contribution in [0.2, 0.25) is 0 Å². The van der Waals surface area contributed by atoms with Gasteiger partial charge in [-0.3, -0.25) is 4.55 Å². The summed E-state index contributed by atoms with van der Waals surface area (Å²) < 4.78 is 143. The van der Waals surface area contributed by atoms with Gasteiger partial charge in [-0.1, -0.05) is 83.9 Å². The Hall–Kier alpha value is 1.54. The Kier molecular flexibility index (Phi) is 53.0. The van der Waals surface area contributed by atoms with Crippen LogP contribution < -0.4 is 72.4 Å². The molecule has 31 heteroatoms. The van der Waals surface area contributed by atoms with Gasteiger partial charge in [-0.2, -0.15) is 26.0 Å². The third-order valence-electron chi connectivity index (χ3n) is 5.05. The molecule has 0 spiro atoms. The van der Waals surface area contributed by atoms with E-state index >= 15 is 0 Å². The van der Waals surface area contributed by atoms with Gasteiger partial charge in [-0.15, -0.1) is 0 Å². The smallest absolute Gasteiger partial charge is 0.743 e. The summed E-state index contributed by atoms with van der Waals surface area (Å²) in [4.78, 5) is 19.5. The molecule has 60 heavy (non-hydrogen) atoms. The number of aliphatic carboxylic acids is 1. The van der Waals surface area contributed by atoms with Crippen LogP contribution in [-0.2, 0) is 56.0 Å². The third-order valence-corrected chi connectivity index (χ3v) is 7.51. The predicted molar refractivity (Wildman–Crippen MR) is 230 cm³/mol. The molecule has 0 aliphatic heterocycles. The summed E-state index contributed by atoms with van der Waals surface area (Å²) >= 11 is 9.54. The molecule has 0 aliphatic rings. The van der Waals surface area contributed by atoms with Crippen LogP contribution in [0.3, 0.4) is 0 Å². The molecule has 0 saturated carbocycles. The van der Waals surface area contributed by atoms with E-state index < -0.39 is 66.0 Å². The second kappa shape index (κ2) is 41.9. The van der Waals surface area contributed by atoms with Crippen LogP contribution in [0.5, 0.6) is 0 Å². The maximum absolute atomic E-state index is 12.2. The first kappa shape index (κ1) is 75.8. The number of carbonyl (C=O) groups is 2. The van der Waals surface area contributed by atoms with Crippen LogP contribution in [0.1, 0.15) is 16.7 Å². The summed E-state index contributed by atoms with van der Waals surface area (Å²) in [6, 6.07) is 26.2. The van der Waals surface area contributed by atoms with E-state index in [1.54, 1.807) is 12.1 Å². The molecule has 0 aromatic heterocycles. The summed E-state index contributed by atoms with van der Waals surface area (Å²) in [6.07, 6.45) is 0. The number of hydrogen-bond acceptors (Lipinski definition) is 14. The molecule has 0 saturated heterocycles. The van der Waals surface area contributed by atoms with Crippen molar-refractivity contribution in [2.75, 3.05) is 26.4 Å². The van der Waals surface area contributed by atoms with Crippen molar-refractivity contribution >= 4 is 117 Å². The topological polar surface area (TPSA) is 314 Å². The Morgan fingerprint density at radius 3 is 1.32 bits per heavy atom. The number of aliphatic hydroxyl groups excluding tert-OH is 2. The Morgan fingerprint density at radius 1 is 0.700 bits per heavy atom. The van der Waals surface area contributed by atoms with E-state index in [0.717, 1.165) is 11.1 Å². The molecule has 0 amide bonds. The van der Waals surface area contributed by atoms with Crippen LogP contribution >= 0.6 is 74.5 Å². The first-order chi connectivity index (χ1) is 26.2. The first-order valence-electron chi connectivity index (χ1n) is 14.1. The molecule has 0 atom stereocenters. The molecule has 338 valence electrons. The van der Waals surface area contributed by atoms with Gasteiger partial charge in [-0.05, 0) is 31.5 Å². The minimum atomic E-state index is -6.08. The Morgan fingerprint density at radius 2 is 1.05 bits per heavy atom. The van der Waals surface area contributed by atoms with E-state index in [2.05, 4.69) is 98.3 Å². The van der Waals surface area contributed by atoms with Gasteiger partial charge in [-0.25, -0.2) is 26.4 Å². The molecule has 0 fully saturated rings. The molecule has 17 nitrogen and oxygen atoms in total. The molecular formula is C29H36F4I5Na2O17S3-. The zero-order chi connectivity index (χ0) is 45.5. The van der Waals surface area contributed by atoms with Crippen molar-refractivity contribution in [1.82, 2.24) is 0 Å². The number of alkyl halides is 4. The van der Waals surface area contributed by atoms with Crippen LogP contribution in [0.15, 0.2) is 89.8 Å². The van der Waals surface area contributed by atoms with Crippen molar-refractivity contribution in [3.05, 3.63) is 102 Å². The molecule has 3 aromatic rings. The number of hydrogen-bond donors (Lipinski definition) is 4. The Bertz CT molecular complexity index is 1870. The average molecular weight is 1510 g/mol. The maximum atomic E-state index is 12.2. The van der Waals surface area contributed by atoms with E-state index in [1.807, 2.05) is 55.5 Å². The van der Waals surface area contributed by atoms with Gasteiger partial charge >= 0.3 is 132 Å². The van der Waals surface area contributed by atoms with Crippen LogP contribution in [0, 0.1) is 13.8 Å². The number of esters is 1. The molecule has 0 bridgehead atoms. The summed E-state index contributed by atoms with van der Waals surface area (Å²) in [5.74, 6) is -5.46. The van der Waals surface area contributed by atoms with E-state index in [0.29, 0.717) is 26.5 Å². The van der Waals surface area contributed by atoms with Crippen molar-refractivity contribution in [2.24, 2.45) is 0 Å². The van der Waals surface area contributed by atoms with Gasteiger partial charge < -0.3 is 39.4 Å². The second-order valence-electron chi connectivity index (χ2n) is 9.37. The van der Waals surface area contributed by atoms with Crippen LogP contribution in [-0.4, -0.2) is 109 Å². The Balaban J connectivity index is -0.000000113. The summed E-state index contributed by atoms with van der Waals surface area (Å²) in [6.45, 7) is 3.46. The number of carboxylic acids is 1. The van der Waals surface area contributed by atoms with E-state index in [-0.39, 0.29) is 76.1 Å². The molecular weight excluding hydrogens is 1470 g/mol. The molecule has 0 heterocycles. The zero-order valence-corrected chi connectivity index (χ0v) is 48.7. The van der Waals surface area contributed by atoms with Gasteiger partial charge in [0.15, 0.2) is 20.2 Å². The molecule has 6 N–H and O–H groups in total. The summed E-state index contributed by atoms with van der Waals surface area (Å²) in [5.41, 5.74) is 3.42. The number of carbonyl (C=O) groups excluding carboxylic acids is 1. The quantitative estimate of drug-likeness (QED) is 0.0356. The van der Waals surface area contributed by atoms with Crippen molar-refractivity contribution < 1.29 is 169 Å². The fraction of sp³-hybridized carbons (Fsp3) is 0.310. The van der Waals surface area contributed by atoms with Crippen molar-refractivity contribution in [3.8, 4) is 0 Å². The Labute approximate surface area is 442 Å². The van der Waals surface area contributed by atoms with Crippen molar-refractivity contribution in [1.29, 1.82) is 0 Å². The molecule has 0 unspecified atom stereocenters. The molecule has 3 aromatic carbocycles. The van der Waals surface area contributed by atoms with Gasteiger partial charge in [0.25, 0.3) is 10.1 Å². The standard InChI is InChI=1S/C9H12O2.C7H8O3S.C7H8.C4H6F2O6S.C2H2F2O5S.I3.I2.2Na.H2O/c10-6-7-11-8-9-4-2-1-3-5-9;1-6-2-4-7(5-3-6)11(8,9)10;1-7-5-3-2-4-6-7;5-4(6,13(9,10)11)3(8)12-2-1-7;3-2(4,1(5)6)10(7,8)9;1-3-2;1-2;;;/h1-5,10H,6-8H2;2-5H,1H3,(H,8,9,10);2-6H,1H3;7H,1-2H2,(H,9,10,11);(H,5,6)(H,7,8,9);;;;;1H2/q;;;;;-1;;2*+1;/p-2. The number of aryl methyl sites for hydroxylation is 2. The van der Waals surface area contributed by atoms with Gasteiger partial charge in [0.1, 0.15) is 6.61 Å². The van der Waals surface area contributed by atoms with Crippen molar-refractivity contribution in [3.63, 3.8) is 0 Å². The number of carboxylic acid groups (broad SMARTS) is 1. The minimum absolute atomic E-state index is 0. The number of ether oxygens (including phenoxy) is 2. The van der Waals surface area contributed by atoms with E-state index in [9.17, 15) is 61.5 Å². The van der Waals surface area contributed by atoms with Crippen molar-refractivity contribution in [2.45, 2.75) is 35.9 Å². The SMILES string of the molecule is Cc1ccc(S(=O)(=O)O)cc1.Cc1ccccc1.II.I[I-]I.O.O=C(O)C(F)(F)S(=O)(=O)[O-].O=C(OCCO)C(F)(F)S(=O)(=O)[O-].OCCOCc1ccccc1.[Na+].[Na+]. The first-order valence-corrected chi connectivity index (χ1v) is 37.3. The zero-order valence-electron chi connectivity index (χ0n) is 31.4. The maximum Gasteiger partial charge on any atom is 1.00 e. The fourth-order valence-electron chi connectivity index (χ4n) is 2.50. The largest absolute Gasteiger partial charge is 1.00 e. The number of rotatable bonds is 11. The summed E-state index contributed by atoms with van der Waals surface area (Å²) in [7, 11) is -16.2. The molecule has 0 aliphatic carbocycles. The van der Waals surface area contributed by atoms with Gasteiger partial charge in [0.05, 0.1) is 31.3 Å². The predicted octanol–water partition coefficient (Wildman–Crippen LogP) is -3.97. The monoisotopic (exact) mass is 1510 g/mol. The molecule has 0 radical (unpaired) electrons. The second-order valence-corrected chi connectivity index (χ2v) is 29.9. The average Bonchev–Trinajstić information content (AvgIpc) is 3.12. The van der Waals surface area contributed by atoms with Crippen LogP contribution in [0.25, 0.3) is 0 Å². The van der Waals surface area contributed by atoms with E-state index in [1.165, 1.54) is 17.7 Å². The number of aliphatic hydroxyl groups is 2. The number of benzene rings is 3. The third kappa shape index (κ3) is 38.8.